The zero-order chi connectivity index (χ0) is 9.14. The van der Waals surface area contributed by atoms with Crippen LogP contribution in [0.3, 0.4) is 0 Å². The van der Waals surface area contributed by atoms with Crippen LogP contribution in [0.15, 0.2) is 18.2 Å². The second-order valence-corrected chi connectivity index (χ2v) is 3.13. The topological polar surface area (TPSA) is 29.3 Å². The molecule has 0 bridgehead atoms. The lowest BCUT2D eigenvalue weighted by Crippen LogP contribution is -2.09. The van der Waals surface area contributed by atoms with Crippen LogP contribution < -0.4 is 10.6 Å². The smallest absolute Gasteiger partial charge is 0.0365 e. The Morgan fingerprint density at radius 3 is 2.21 bits per heavy atom. The van der Waals surface area contributed by atoms with Crippen LogP contribution in [0.1, 0.15) is 12.5 Å². The number of nitrogen functional groups attached to an aromatic ring is 1. The van der Waals surface area contributed by atoms with Crippen molar-refractivity contribution in [2.45, 2.75) is 13.3 Å². The summed E-state index contributed by atoms with van der Waals surface area (Å²) in [6.07, 6.45) is 0.994. The Labute approximate surface area is 98.3 Å². The van der Waals surface area contributed by atoms with Gasteiger partial charge in [0, 0.05) is 25.5 Å². The van der Waals surface area contributed by atoms with Crippen molar-refractivity contribution < 1.29 is 0 Å². The highest BCUT2D eigenvalue weighted by Gasteiger charge is 1.99. The standard InChI is InChI=1S/C10H16N2.2ClH/c1-4-8-7-9(12(2)3)5-6-10(8)11;;/h5-7H,4,11H2,1-3H3;2*1H. The van der Waals surface area contributed by atoms with Gasteiger partial charge in [-0.2, -0.15) is 0 Å². The van der Waals surface area contributed by atoms with Crippen molar-refractivity contribution in [1.82, 2.24) is 0 Å². The van der Waals surface area contributed by atoms with E-state index in [-0.39, 0.29) is 24.8 Å². The second-order valence-electron chi connectivity index (χ2n) is 3.13. The van der Waals surface area contributed by atoms with E-state index in [2.05, 4.69) is 17.9 Å². The van der Waals surface area contributed by atoms with Crippen molar-refractivity contribution in [3.63, 3.8) is 0 Å². The van der Waals surface area contributed by atoms with Crippen molar-refractivity contribution in [2.24, 2.45) is 0 Å². The average molecular weight is 237 g/mol. The summed E-state index contributed by atoms with van der Waals surface area (Å²) in [6.45, 7) is 2.12. The molecular formula is C10H18Cl2N2. The minimum absolute atomic E-state index is 0. The first-order valence-electron chi connectivity index (χ1n) is 4.21. The molecule has 14 heavy (non-hydrogen) atoms. The molecular weight excluding hydrogens is 219 g/mol. The minimum atomic E-state index is 0. The van der Waals surface area contributed by atoms with Gasteiger partial charge in [-0.3, -0.25) is 0 Å². The molecule has 0 amide bonds. The molecule has 1 aromatic rings. The Bertz CT molecular complexity index is 275. The van der Waals surface area contributed by atoms with E-state index in [9.17, 15) is 0 Å². The summed E-state index contributed by atoms with van der Waals surface area (Å²) >= 11 is 0. The summed E-state index contributed by atoms with van der Waals surface area (Å²) in [5.41, 5.74) is 9.11. The average Bonchev–Trinajstić information content (AvgIpc) is 2.05. The Hall–Kier alpha value is -0.600. The highest BCUT2D eigenvalue weighted by Crippen LogP contribution is 2.19. The third-order valence-electron chi connectivity index (χ3n) is 2.02. The van der Waals surface area contributed by atoms with Crippen molar-refractivity contribution in [3.05, 3.63) is 23.8 Å². The van der Waals surface area contributed by atoms with Gasteiger partial charge in [-0.05, 0) is 30.2 Å². The quantitative estimate of drug-likeness (QED) is 0.801. The van der Waals surface area contributed by atoms with Crippen molar-refractivity contribution in [3.8, 4) is 0 Å². The van der Waals surface area contributed by atoms with Crippen molar-refractivity contribution >= 4 is 36.2 Å². The van der Waals surface area contributed by atoms with Gasteiger partial charge in [-0.25, -0.2) is 0 Å². The summed E-state index contributed by atoms with van der Waals surface area (Å²) in [5.74, 6) is 0. The van der Waals surface area contributed by atoms with Gasteiger partial charge in [0.25, 0.3) is 0 Å². The highest BCUT2D eigenvalue weighted by molar-refractivity contribution is 5.85. The Kier molecular flexibility index (Phi) is 7.69. The lowest BCUT2D eigenvalue weighted by molar-refractivity contribution is 1.10. The molecule has 0 atom stereocenters. The molecule has 0 aliphatic rings. The summed E-state index contributed by atoms with van der Waals surface area (Å²) < 4.78 is 0. The fraction of sp³-hybridized carbons (Fsp3) is 0.400. The van der Waals surface area contributed by atoms with Gasteiger partial charge in [0.1, 0.15) is 0 Å². The molecule has 82 valence electrons. The summed E-state index contributed by atoms with van der Waals surface area (Å²) in [4.78, 5) is 2.08. The molecule has 0 radical (unpaired) electrons. The molecule has 0 saturated carbocycles. The number of hydrogen-bond acceptors (Lipinski definition) is 2. The van der Waals surface area contributed by atoms with E-state index in [0.717, 1.165) is 12.1 Å². The zero-order valence-corrected chi connectivity index (χ0v) is 10.4. The number of rotatable bonds is 2. The first-order chi connectivity index (χ1) is 5.65. The molecule has 0 aliphatic carbocycles. The number of hydrogen-bond donors (Lipinski definition) is 1. The summed E-state index contributed by atoms with van der Waals surface area (Å²) in [6, 6.07) is 6.14. The van der Waals surface area contributed by atoms with E-state index in [1.165, 1.54) is 11.3 Å². The SMILES string of the molecule is CCc1cc(N(C)C)ccc1N.Cl.Cl. The molecule has 0 aromatic heterocycles. The van der Waals surface area contributed by atoms with Crippen LogP contribution in [-0.4, -0.2) is 14.1 Å². The van der Waals surface area contributed by atoms with E-state index in [1.807, 2.05) is 26.2 Å². The van der Waals surface area contributed by atoms with E-state index < -0.39 is 0 Å². The Morgan fingerprint density at radius 1 is 1.21 bits per heavy atom. The van der Waals surface area contributed by atoms with Gasteiger partial charge in [0.05, 0.1) is 0 Å². The minimum Gasteiger partial charge on any atom is -0.399 e. The second kappa shape index (κ2) is 6.80. The maximum atomic E-state index is 5.78. The predicted molar refractivity (Wildman–Crippen MR) is 69.1 cm³/mol. The van der Waals surface area contributed by atoms with Gasteiger partial charge in [0.2, 0.25) is 0 Å². The van der Waals surface area contributed by atoms with Crippen molar-refractivity contribution in [1.29, 1.82) is 0 Å². The molecule has 0 aliphatic heterocycles. The third-order valence-corrected chi connectivity index (χ3v) is 2.02. The monoisotopic (exact) mass is 236 g/mol. The van der Waals surface area contributed by atoms with E-state index in [0.29, 0.717) is 0 Å². The molecule has 0 spiro atoms. The van der Waals surface area contributed by atoms with Gasteiger partial charge in [-0.1, -0.05) is 6.92 Å². The number of nitrogens with zero attached hydrogens (tertiary/aromatic N) is 1. The van der Waals surface area contributed by atoms with Crippen LogP contribution in [0.2, 0.25) is 0 Å². The number of anilines is 2. The van der Waals surface area contributed by atoms with Crippen LogP contribution in [0.4, 0.5) is 11.4 Å². The van der Waals surface area contributed by atoms with E-state index in [1.54, 1.807) is 0 Å². The molecule has 2 N–H and O–H groups in total. The van der Waals surface area contributed by atoms with Crippen molar-refractivity contribution in [2.75, 3.05) is 24.7 Å². The van der Waals surface area contributed by atoms with Crippen LogP contribution >= 0.6 is 24.8 Å². The Balaban J connectivity index is 0. The number of aryl methyl sites for hydroxylation is 1. The first-order valence-corrected chi connectivity index (χ1v) is 4.21. The maximum Gasteiger partial charge on any atom is 0.0365 e. The normalized spacial score (nSPS) is 8.50. The lowest BCUT2D eigenvalue weighted by Gasteiger charge is -2.14. The van der Waals surface area contributed by atoms with Crippen LogP contribution in [0.5, 0.6) is 0 Å². The van der Waals surface area contributed by atoms with Gasteiger partial charge in [0.15, 0.2) is 0 Å². The predicted octanol–water partition coefficient (Wildman–Crippen LogP) is 2.74. The van der Waals surface area contributed by atoms with Gasteiger partial charge >= 0.3 is 0 Å². The zero-order valence-electron chi connectivity index (χ0n) is 8.78. The molecule has 0 unspecified atom stereocenters. The molecule has 0 fully saturated rings. The molecule has 0 heterocycles. The number of nitrogens with two attached hydrogens (primary N) is 1. The maximum absolute atomic E-state index is 5.78. The molecule has 2 nitrogen and oxygen atoms in total. The fourth-order valence-electron chi connectivity index (χ4n) is 1.18. The van der Waals surface area contributed by atoms with Crippen LogP contribution in [0.25, 0.3) is 0 Å². The fourth-order valence-corrected chi connectivity index (χ4v) is 1.18. The number of benzene rings is 1. The highest BCUT2D eigenvalue weighted by atomic mass is 35.5. The molecule has 1 aromatic carbocycles. The Morgan fingerprint density at radius 2 is 1.79 bits per heavy atom. The summed E-state index contributed by atoms with van der Waals surface area (Å²) in [7, 11) is 4.07. The number of halogens is 2. The first kappa shape index (κ1) is 15.9. The molecule has 0 saturated heterocycles. The molecule has 1 rings (SSSR count). The van der Waals surface area contributed by atoms with E-state index >= 15 is 0 Å². The lowest BCUT2D eigenvalue weighted by atomic mass is 10.1. The van der Waals surface area contributed by atoms with Gasteiger partial charge < -0.3 is 10.6 Å². The van der Waals surface area contributed by atoms with Crippen LogP contribution in [0, 0.1) is 0 Å². The van der Waals surface area contributed by atoms with Gasteiger partial charge in [-0.15, -0.1) is 24.8 Å². The van der Waals surface area contributed by atoms with E-state index in [4.69, 9.17) is 5.73 Å². The third kappa shape index (κ3) is 3.64. The summed E-state index contributed by atoms with van der Waals surface area (Å²) in [5, 5.41) is 0. The molecule has 4 heteroatoms. The largest absolute Gasteiger partial charge is 0.399 e. The van der Waals surface area contributed by atoms with Crippen LogP contribution in [-0.2, 0) is 6.42 Å².